The molecule has 0 spiro atoms. The van der Waals surface area contributed by atoms with Crippen molar-refractivity contribution in [1.82, 2.24) is 4.98 Å². The van der Waals surface area contributed by atoms with Gasteiger partial charge >= 0.3 is 0 Å². The Morgan fingerprint density at radius 3 is 2.88 bits per heavy atom. The van der Waals surface area contributed by atoms with Crippen molar-refractivity contribution in [2.24, 2.45) is 0 Å². The lowest BCUT2D eigenvalue weighted by molar-refractivity contribution is 0.104. The first-order valence-electron chi connectivity index (χ1n) is 5.24. The summed E-state index contributed by atoms with van der Waals surface area (Å²) >= 11 is 0. The minimum atomic E-state index is -0.0775. The largest absolute Gasteiger partial charge is 0.480 e. The molecule has 2 rings (SSSR count). The van der Waals surface area contributed by atoms with E-state index in [0.717, 1.165) is 12.8 Å². The molecule has 4 heteroatoms. The number of ether oxygens (including phenoxy) is 1. The third-order valence-electron chi connectivity index (χ3n) is 2.66. The monoisotopic (exact) mass is 213 g/mol. The van der Waals surface area contributed by atoms with Crippen molar-refractivity contribution in [3.05, 3.63) is 29.5 Å². The smallest absolute Gasteiger partial charge is 0.224 e. The lowest BCUT2D eigenvalue weighted by Crippen LogP contribution is -2.11. The Morgan fingerprint density at radius 2 is 2.31 bits per heavy atom. The molecule has 3 nitrogen and oxygen atoms in total. The molecule has 0 atom stereocenters. The maximum Gasteiger partial charge on any atom is 0.224 e. The molecule has 0 N–H and O–H groups in total. The van der Waals surface area contributed by atoms with Crippen molar-refractivity contribution in [1.29, 1.82) is 0 Å². The van der Waals surface area contributed by atoms with Crippen LogP contribution in [0.2, 0.25) is 0 Å². The van der Waals surface area contributed by atoms with Gasteiger partial charge in [-0.3, -0.25) is 4.79 Å². The topological polar surface area (TPSA) is 39.2 Å². The SMILES string of the molecule is [B]c1cnc(OC)c(C(=O)C=C2CCC2)c1. The second-order valence-corrected chi connectivity index (χ2v) is 3.85. The first-order valence-corrected chi connectivity index (χ1v) is 5.24. The fraction of sp³-hybridized carbons (Fsp3) is 0.333. The number of aromatic nitrogens is 1. The summed E-state index contributed by atoms with van der Waals surface area (Å²) in [6.07, 6.45) is 6.35. The molecule has 1 aliphatic rings. The number of carbonyl (C=O) groups excluding carboxylic acids is 1. The van der Waals surface area contributed by atoms with E-state index in [-0.39, 0.29) is 5.78 Å². The highest BCUT2D eigenvalue weighted by molar-refractivity contribution is 6.32. The average molecular weight is 213 g/mol. The second kappa shape index (κ2) is 4.52. The Balaban J connectivity index is 2.30. The highest BCUT2D eigenvalue weighted by Crippen LogP contribution is 2.26. The van der Waals surface area contributed by atoms with Crippen LogP contribution in [0.3, 0.4) is 0 Å². The van der Waals surface area contributed by atoms with Gasteiger partial charge in [-0.05, 0) is 25.3 Å². The molecule has 2 radical (unpaired) electrons. The lowest BCUT2D eigenvalue weighted by atomic mass is 9.90. The van der Waals surface area contributed by atoms with E-state index in [2.05, 4.69) is 4.98 Å². The van der Waals surface area contributed by atoms with Crippen LogP contribution in [0.5, 0.6) is 5.88 Å². The summed E-state index contributed by atoms with van der Waals surface area (Å²) in [6, 6.07) is 1.60. The maximum absolute atomic E-state index is 11.9. The molecule has 0 bridgehead atoms. The second-order valence-electron chi connectivity index (χ2n) is 3.85. The minimum absolute atomic E-state index is 0.0775. The van der Waals surface area contributed by atoms with Crippen LogP contribution in [-0.4, -0.2) is 25.7 Å². The number of allylic oxidation sites excluding steroid dienone is 2. The Kier molecular flexibility index (Phi) is 3.08. The van der Waals surface area contributed by atoms with Crippen molar-refractivity contribution >= 4 is 19.1 Å². The molecule has 16 heavy (non-hydrogen) atoms. The first-order chi connectivity index (χ1) is 7.70. The minimum Gasteiger partial charge on any atom is -0.480 e. The molecule has 0 saturated heterocycles. The zero-order chi connectivity index (χ0) is 11.5. The highest BCUT2D eigenvalue weighted by atomic mass is 16.5. The molecule has 0 unspecified atom stereocenters. The van der Waals surface area contributed by atoms with Gasteiger partial charge < -0.3 is 4.74 Å². The van der Waals surface area contributed by atoms with E-state index in [9.17, 15) is 4.79 Å². The van der Waals surface area contributed by atoms with E-state index in [4.69, 9.17) is 12.6 Å². The lowest BCUT2D eigenvalue weighted by Gasteiger charge is -2.15. The van der Waals surface area contributed by atoms with E-state index in [1.54, 1.807) is 12.1 Å². The number of rotatable bonds is 3. The van der Waals surface area contributed by atoms with Gasteiger partial charge in [0.1, 0.15) is 7.85 Å². The number of hydrogen-bond donors (Lipinski definition) is 0. The highest BCUT2D eigenvalue weighted by Gasteiger charge is 2.15. The van der Waals surface area contributed by atoms with E-state index in [0.29, 0.717) is 16.9 Å². The molecule has 1 heterocycles. The van der Waals surface area contributed by atoms with Crippen LogP contribution in [-0.2, 0) is 0 Å². The normalized spacial score (nSPS) is 14.2. The van der Waals surface area contributed by atoms with Gasteiger partial charge in [-0.15, -0.1) is 0 Å². The van der Waals surface area contributed by atoms with Gasteiger partial charge in [-0.2, -0.15) is 0 Å². The molecular weight excluding hydrogens is 201 g/mol. The summed E-state index contributed by atoms with van der Waals surface area (Å²) < 4.78 is 5.04. The molecule has 1 fully saturated rings. The van der Waals surface area contributed by atoms with Gasteiger partial charge in [-0.1, -0.05) is 17.1 Å². The molecule has 1 aromatic rings. The van der Waals surface area contributed by atoms with Crippen LogP contribution in [0.25, 0.3) is 0 Å². The third kappa shape index (κ3) is 2.16. The molecular formula is C12H12BNO2. The van der Waals surface area contributed by atoms with Crippen LogP contribution in [0, 0.1) is 0 Å². The number of nitrogens with zero attached hydrogens (tertiary/aromatic N) is 1. The Bertz CT molecular complexity index is 448. The number of methoxy groups -OCH3 is 1. The van der Waals surface area contributed by atoms with Gasteiger partial charge in [0.2, 0.25) is 5.88 Å². The Hall–Kier alpha value is -1.58. The van der Waals surface area contributed by atoms with Crippen LogP contribution in [0.1, 0.15) is 29.6 Å². The molecule has 0 aliphatic heterocycles. The molecule has 0 aromatic carbocycles. The number of hydrogen-bond acceptors (Lipinski definition) is 3. The van der Waals surface area contributed by atoms with Crippen molar-refractivity contribution < 1.29 is 9.53 Å². The molecule has 0 amide bonds. The predicted molar refractivity (Wildman–Crippen MR) is 62.4 cm³/mol. The Labute approximate surface area is 95.9 Å². The van der Waals surface area contributed by atoms with E-state index in [1.807, 2.05) is 0 Å². The van der Waals surface area contributed by atoms with Crippen LogP contribution in [0.15, 0.2) is 23.9 Å². The quantitative estimate of drug-likeness (QED) is 0.430. The van der Waals surface area contributed by atoms with Gasteiger partial charge in [0, 0.05) is 6.20 Å². The summed E-state index contributed by atoms with van der Waals surface area (Å²) in [5.74, 6) is 0.252. The number of carbonyl (C=O) groups is 1. The average Bonchev–Trinajstić information content (AvgIpc) is 2.23. The summed E-state index contributed by atoms with van der Waals surface area (Å²) in [6.45, 7) is 0. The zero-order valence-corrected chi connectivity index (χ0v) is 9.19. The zero-order valence-electron chi connectivity index (χ0n) is 9.19. The van der Waals surface area contributed by atoms with Gasteiger partial charge in [0.25, 0.3) is 0 Å². The van der Waals surface area contributed by atoms with Crippen molar-refractivity contribution in [3.63, 3.8) is 0 Å². The first kappa shape index (κ1) is 10.9. The van der Waals surface area contributed by atoms with E-state index < -0.39 is 0 Å². The van der Waals surface area contributed by atoms with E-state index in [1.165, 1.54) is 25.3 Å². The fourth-order valence-corrected chi connectivity index (χ4v) is 1.60. The van der Waals surface area contributed by atoms with E-state index >= 15 is 0 Å². The van der Waals surface area contributed by atoms with Gasteiger partial charge in [0.05, 0.1) is 12.7 Å². The molecule has 1 aromatic heterocycles. The summed E-state index contributed by atoms with van der Waals surface area (Å²) in [5, 5.41) is 0. The fourth-order valence-electron chi connectivity index (χ4n) is 1.60. The van der Waals surface area contributed by atoms with Crippen LogP contribution < -0.4 is 10.2 Å². The number of pyridine rings is 1. The maximum atomic E-state index is 11.9. The van der Waals surface area contributed by atoms with Crippen LogP contribution in [0.4, 0.5) is 0 Å². The predicted octanol–water partition coefficient (Wildman–Crippen LogP) is 1.18. The summed E-state index contributed by atoms with van der Waals surface area (Å²) in [4.78, 5) is 15.9. The van der Waals surface area contributed by atoms with Gasteiger partial charge in [0.15, 0.2) is 5.78 Å². The summed E-state index contributed by atoms with van der Waals surface area (Å²) in [5.41, 5.74) is 2.09. The molecule has 1 aliphatic carbocycles. The molecule has 1 saturated carbocycles. The van der Waals surface area contributed by atoms with Crippen molar-refractivity contribution in [2.75, 3.05) is 7.11 Å². The van der Waals surface area contributed by atoms with Crippen molar-refractivity contribution in [2.45, 2.75) is 19.3 Å². The third-order valence-corrected chi connectivity index (χ3v) is 2.66. The standard InChI is InChI=1S/C12H12BNO2/c1-16-12-10(6-9(13)7-14-12)11(15)5-8-3-2-4-8/h5-7H,2-4H2,1H3. The molecule has 80 valence electrons. The summed E-state index contributed by atoms with van der Waals surface area (Å²) in [7, 11) is 7.10. The Morgan fingerprint density at radius 1 is 1.56 bits per heavy atom. The van der Waals surface area contributed by atoms with Crippen molar-refractivity contribution in [3.8, 4) is 5.88 Å². The number of ketones is 1. The van der Waals surface area contributed by atoms with Gasteiger partial charge in [-0.25, -0.2) is 4.98 Å². The van der Waals surface area contributed by atoms with Crippen LogP contribution >= 0.6 is 0 Å².